The molecule has 0 radical (unpaired) electrons. The number of aliphatic imine (C=N–C) groups is 1. The first-order valence-corrected chi connectivity index (χ1v) is 5.97. The minimum absolute atomic E-state index is 0.163. The van der Waals surface area contributed by atoms with Gasteiger partial charge >= 0.3 is 6.03 Å². The third-order valence-corrected chi connectivity index (χ3v) is 3.94. The maximum atomic E-state index is 11.8. The van der Waals surface area contributed by atoms with E-state index in [1.54, 1.807) is 4.90 Å². The Kier molecular flexibility index (Phi) is 2.19. The van der Waals surface area contributed by atoms with Crippen LogP contribution in [0.15, 0.2) is 21.6 Å². The summed E-state index contributed by atoms with van der Waals surface area (Å²) in [5.74, 6) is 0.716. The maximum Gasteiger partial charge on any atom is 0.327 e. The molecular weight excluding hydrogens is 293 g/mol. The molecule has 0 bridgehead atoms. The summed E-state index contributed by atoms with van der Waals surface area (Å²) in [6.45, 7) is 1.28. The van der Waals surface area contributed by atoms with Crippen LogP contribution in [0.2, 0.25) is 5.02 Å². The van der Waals surface area contributed by atoms with Gasteiger partial charge in [0.2, 0.25) is 0 Å². The predicted molar refractivity (Wildman–Crippen MR) is 66.3 cm³/mol. The summed E-state index contributed by atoms with van der Waals surface area (Å²) in [4.78, 5) is 17.7. The van der Waals surface area contributed by atoms with Gasteiger partial charge in [-0.05, 0) is 28.1 Å². The van der Waals surface area contributed by atoms with E-state index in [0.717, 1.165) is 10.0 Å². The van der Waals surface area contributed by atoms with Crippen LogP contribution in [0.3, 0.4) is 0 Å². The molecule has 1 aromatic rings. The van der Waals surface area contributed by atoms with Gasteiger partial charge in [0.15, 0.2) is 0 Å². The number of rotatable bonds is 0. The standard InChI is InChI=1S/C10H7BrClN3O/c11-6-2-1-5-8(7(6)12)14-10(16)15-4-3-13-9(5)15/h1-2H,3-4H2,(H,14,16). The lowest BCUT2D eigenvalue weighted by Gasteiger charge is -2.27. The van der Waals surface area contributed by atoms with E-state index in [0.29, 0.717) is 29.6 Å². The molecule has 2 heterocycles. The third kappa shape index (κ3) is 1.28. The molecule has 0 saturated carbocycles. The Morgan fingerprint density at radius 1 is 1.50 bits per heavy atom. The molecule has 2 aliphatic heterocycles. The van der Waals surface area contributed by atoms with E-state index in [1.807, 2.05) is 12.1 Å². The Morgan fingerprint density at radius 3 is 3.12 bits per heavy atom. The minimum Gasteiger partial charge on any atom is -0.305 e. The Morgan fingerprint density at radius 2 is 2.31 bits per heavy atom. The van der Waals surface area contributed by atoms with E-state index in [-0.39, 0.29) is 6.03 Å². The number of benzene rings is 1. The van der Waals surface area contributed by atoms with Crippen molar-refractivity contribution in [3.63, 3.8) is 0 Å². The van der Waals surface area contributed by atoms with Crippen molar-refractivity contribution in [2.24, 2.45) is 4.99 Å². The topological polar surface area (TPSA) is 44.7 Å². The molecule has 0 aromatic heterocycles. The number of nitrogens with zero attached hydrogens (tertiary/aromatic N) is 2. The summed E-state index contributed by atoms with van der Waals surface area (Å²) in [6, 6.07) is 3.60. The zero-order valence-corrected chi connectivity index (χ0v) is 10.5. The van der Waals surface area contributed by atoms with Crippen molar-refractivity contribution in [1.29, 1.82) is 0 Å². The third-order valence-electron chi connectivity index (χ3n) is 2.65. The highest BCUT2D eigenvalue weighted by Gasteiger charge is 2.33. The smallest absolute Gasteiger partial charge is 0.305 e. The Balaban J connectivity index is 2.24. The number of nitrogens with one attached hydrogen (secondary N) is 1. The highest BCUT2D eigenvalue weighted by molar-refractivity contribution is 9.10. The second-order valence-corrected chi connectivity index (χ2v) is 4.80. The molecule has 2 amide bonds. The average Bonchev–Trinajstić information content (AvgIpc) is 2.74. The molecular formula is C10H7BrClN3O. The van der Waals surface area contributed by atoms with Gasteiger partial charge in [-0.1, -0.05) is 11.6 Å². The molecule has 16 heavy (non-hydrogen) atoms. The van der Waals surface area contributed by atoms with Gasteiger partial charge in [-0.3, -0.25) is 9.89 Å². The first-order valence-electron chi connectivity index (χ1n) is 4.80. The van der Waals surface area contributed by atoms with Crippen molar-refractivity contribution >= 4 is 45.1 Å². The number of amides is 2. The van der Waals surface area contributed by atoms with E-state index >= 15 is 0 Å². The number of amidine groups is 1. The number of urea groups is 1. The van der Waals surface area contributed by atoms with Crippen molar-refractivity contribution < 1.29 is 4.79 Å². The molecule has 1 N–H and O–H groups in total. The number of hydrogen-bond donors (Lipinski definition) is 1. The average molecular weight is 301 g/mol. The number of carbonyl (C=O) groups is 1. The van der Waals surface area contributed by atoms with Crippen LogP contribution in [-0.2, 0) is 0 Å². The summed E-state index contributed by atoms with van der Waals surface area (Å²) in [6.07, 6.45) is 0. The fourth-order valence-corrected chi connectivity index (χ4v) is 2.45. The lowest BCUT2D eigenvalue weighted by Crippen LogP contribution is -2.42. The molecule has 0 spiro atoms. The number of anilines is 1. The van der Waals surface area contributed by atoms with Gasteiger partial charge in [0.1, 0.15) is 5.84 Å². The zero-order valence-electron chi connectivity index (χ0n) is 8.13. The number of hydrogen-bond acceptors (Lipinski definition) is 2. The molecule has 0 aliphatic carbocycles. The van der Waals surface area contributed by atoms with Crippen LogP contribution >= 0.6 is 27.5 Å². The first-order chi connectivity index (χ1) is 7.68. The highest BCUT2D eigenvalue weighted by atomic mass is 79.9. The fraction of sp³-hybridized carbons (Fsp3) is 0.200. The second kappa shape index (κ2) is 3.46. The molecule has 0 unspecified atom stereocenters. The number of fused-ring (bicyclic) bond motifs is 3. The van der Waals surface area contributed by atoms with Gasteiger partial charge in [-0.2, -0.15) is 0 Å². The number of carbonyl (C=O) groups excluding carboxylic acids is 1. The molecule has 3 rings (SSSR count). The normalized spacial score (nSPS) is 17.8. The van der Waals surface area contributed by atoms with E-state index in [1.165, 1.54) is 0 Å². The van der Waals surface area contributed by atoms with Crippen LogP contribution in [0.5, 0.6) is 0 Å². The lowest BCUT2D eigenvalue weighted by molar-refractivity contribution is 0.235. The quantitative estimate of drug-likeness (QED) is 0.786. The van der Waals surface area contributed by atoms with Gasteiger partial charge in [-0.15, -0.1) is 0 Å². The van der Waals surface area contributed by atoms with Gasteiger partial charge in [0, 0.05) is 16.6 Å². The van der Waals surface area contributed by atoms with Crippen molar-refractivity contribution in [1.82, 2.24) is 4.90 Å². The monoisotopic (exact) mass is 299 g/mol. The van der Waals surface area contributed by atoms with Crippen LogP contribution < -0.4 is 5.32 Å². The van der Waals surface area contributed by atoms with Crippen molar-refractivity contribution in [2.75, 3.05) is 18.4 Å². The Labute approximate surface area is 105 Å². The van der Waals surface area contributed by atoms with Crippen LogP contribution in [0.1, 0.15) is 5.56 Å². The van der Waals surface area contributed by atoms with Gasteiger partial charge in [0.25, 0.3) is 0 Å². The van der Waals surface area contributed by atoms with Crippen molar-refractivity contribution in [3.05, 3.63) is 27.2 Å². The largest absolute Gasteiger partial charge is 0.327 e. The van der Waals surface area contributed by atoms with Crippen LogP contribution in [0, 0.1) is 0 Å². The molecule has 82 valence electrons. The van der Waals surface area contributed by atoms with Crippen LogP contribution in [-0.4, -0.2) is 29.9 Å². The molecule has 6 heteroatoms. The Hall–Kier alpha value is -1.07. The SMILES string of the molecule is O=C1Nc2c(ccc(Br)c2Cl)C2=NCCN12. The molecule has 0 fully saturated rings. The number of halogens is 2. The van der Waals surface area contributed by atoms with Crippen molar-refractivity contribution in [3.8, 4) is 0 Å². The highest BCUT2D eigenvalue weighted by Crippen LogP contribution is 2.37. The molecule has 0 saturated heterocycles. The lowest BCUT2D eigenvalue weighted by atomic mass is 10.1. The molecule has 4 nitrogen and oxygen atoms in total. The first kappa shape index (κ1) is 10.1. The minimum atomic E-state index is -0.163. The van der Waals surface area contributed by atoms with Gasteiger partial charge < -0.3 is 5.32 Å². The van der Waals surface area contributed by atoms with Crippen LogP contribution in [0.4, 0.5) is 10.5 Å². The Bertz CT molecular complexity index is 529. The van der Waals surface area contributed by atoms with Crippen molar-refractivity contribution in [2.45, 2.75) is 0 Å². The summed E-state index contributed by atoms with van der Waals surface area (Å²) in [5.41, 5.74) is 1.52. The molecule has 2 aliphatic rings. The molecule has 1 aromatic carbocycles. The summed E-state index contributed by atoms with van der Waals surface area (Å²) < 4.78 is 0.764. The predicted octanol–water partition coefficient (Wildman–Crippen LogP) is 2.71. The summed E-state index contributed by atoms with van der Waals surface area (Å²) >= 11 is 9.46. The van der Waals surface area contributed by atoms with Gasteiger partial charge in [-0.25, -0.2) is 4.79 Å². The van der Waals surface area contributed by atoms with E-state index < -0.39 is 0 Å². The van der Waals surface area contributed by atoms with E-state index in [2.05, 4.69) is 26.2 Å². The summed E-state index contributed by atoms with van der Waals surface area (Å²) in [7, 11) is 0. The van der Waals surface area contributed by atoms with E-state index in [4.69, 9.17) is 11.6 Å². The van der Waals surface area contributed by atoms with Gasteiger partial charge in [0.05, 0.1) is 17.3 Å². The van der Waals surface area contributed by atoms with E-state index in [9.17, 15) is 4.79 Å². The maximum absolute atomic E-state index is 11.8. The second-order valence-electron chi connectivity index (χ2n) is 3.57. The zero-order chi connectivity index (χ0) is 11.3. The van der Waals surface area contributed by atoms with Crippen LogP contribution in [0.25, 0.3) is 0 Å². The molecule has 0 atom stereocenters. The fourth-order valence-electron chi connectivity index (χ4n) is 1.91. The summed E-state index contributed by atoms with van der Waals surface area (Å²) in [5, 5.41) is 3.30.